The molecule has 0 saturated heterocycles. The molecule has 0 aliphatic heterocycles. The molecule has 0 unspecified atom stereocenters. The first kappa shape index (κ1) is 20.8. The fraction of sp³-hybridized carbons (Fsp3) is 0. The van der Waals surface area contributed by atoms with E-state index in [1.807, 2.05) is 0 Å². The number of non-ortho nitro benzene ring substituents is 1. The largest absolute Gasteiger partial charge is 0.478 e. The van der Waals surface area contributed by atoms with Gasteiger partial charge in [0, 0.05) is 18.2 Å². The van der Waals surface area contributed by atoms with Crippen LogP contribution in [0.4, 0.5) is 5.69 Å². The van der Waals surface area contributed by atoms with Gasteiger partial charge in [-0.1, -0.05) is 12.1 Å². The van der Waals surface area contributed by atoms with Crippen LogP contribution in [0.1, 0.15) is 15.9 Å². The Morgan fingerprint density at radius 2 is 1.56 bits per heavy atom. The van der Waals surface area contributed by atoms with Crippen LogP contribution in [-0.2, 0) is 4.79 Å². The molecule has 0 bridgehead atoms. The molecule has 27 heavy (non-hydrogen) atoms. The van der Waals surface area contributed by atoms with E-state index < -0.39 is 21.9 Å². The van der Waals surface area contributed by atoms with Crippen molar-refractivity contribution >= 4 is 23.7 Å². The number of aromatic carboxylic acids is 1. The van der Waals surface area contributed by atoms with Crippen LogP contribution < -0.4 is 4.84 Å². The number of nitro groups is 1. The number of hydrogen-bond acceptors (Lipinski definition) is 7. The Balaban J connectivity index is 0.000000271. The molecule has 0 atom stereocenters. The van der Waals surface area contributed by atoms with Gasteiger partial charge in [0.25, 0.3) is 10.8 Å². The second-order valence-corrected chi connectivity index (χ2v) is 4.64. The molecule has 2 aromatic carbocycles. The van der Waals surface area contributed by atoms with E-state index in [4.69, 9.17) is 10.2 Å². The molecule has 11 nitrogen and oxygen atoms in total. The number of benzene rings is 2. The van der Waals surface area contributed by atoms with E-state index in [-0.39, 0.29) is 17.0 Å². The minimum absolute atomic E-state index is 0.0162. The van der Waals surface area contributed by atoms with Crippen molar-refractivity contribution in [3.05, 3.63) is 86.0 Å². The highest BCUT2D eigenvalue weighted by atomic mass is 17.0. The molecule has 0 spiro atoms. The minimum atomic E-state index is -1.27. The first-order valence-electron chi connectivity index (χ1n) is 7.01. The molecule has 2 rings (SSSR count). The summed E-state index contributed by atoms with van der Waals surface area (Å²) in [7, 11) is 0. The van der Waals surface area contributed by atoms with Crippen molar-refractivity contribution in [2.24, 2.45) is 0 Å². The van der Waals surface area contributed by atoms with E-state index in [1.54, 1.807) is 0 Å². The Labute approximate surface area is 151 Å². The summed E-state index contributed by atoms with van der Waals surface area (Å²) in [5, 5.41) is 36.1. The van der Waals surface area contributed by atoms with E-state index in [0.717, 1.165) is 6.08 Å². The molecule has 0 aliphatic carbocycles. The molecular weight excluding hydrogens is 364 g/mol. The van der Waals surface area contributed by atoms with E-state index >= 15 is 0 Å². The van der Waals surface area contributed by atoms with Gasteiger partial charge in [0.15, 0.2) is 0 Å². The van der Waals surface area contributed by atoms with Crippen LogP contribution in [0.15, 0.2) is 54.6 Å². The zero-order chi connectivity index (χ0) is 20.4. The van der Waals surface area contributed by atoms with Crippen LogP contribution in [0, 0.1) is 20.2 Å². The summed E-state index contributed by atoms with van der Waals surface area (Å²) in [6.45, 7) is 0. The van der Waals surface area contributed by atoms with Gasteiger partial charge in [-0.15, -0.1) is 10.1 Å². The number of rotatable bonds is 6. The number of aliphatic carboxylic acids is 1. The lowest BCUT2D eigenvalue weighted by Crippen LogP contribution is -2.08. The number of para-hydroxylation sites is 1. The van der Waals surface area contributed by atoms with Crippen molar-refractivity contribution in [2.75, 3.05) is 0 Å². The summed E-state index contributed by atoms with van der Waals surface area (Å²) in [4.78, 5) is 44.4. The van der Waals surface area contributed by atoms with Crippen LogP contribution in [0.2, 0.25) is 0 Å². The number of carbonyl (C=O) groups is 2. The molecule has 0 saturated carbocycles. The maximum absolute atomic E-state index is 10.5. The summed E-state index contributed by atoms with van der Waals surface area (Å²) >= 11 is 0. The van der Waals surface area contributed by atoms with Gasteiger partial charge in [0.2, 0.25) is 0 Å². The van der Waals surface area contributed by atoms with Gasteiger partial charge in [-0.25, -0.2) is 9.59 Å². The molecule has 2 aromatic rings. The second kappa shape index (κ2) is 9.88. The molecule has 0 heterocycles. The maximum atomic E-state index is 10.5. The van der Waals surface area contributed by atoms with Crippen LogP contribution in [-0.4, -0.2) is 32.2 Å². The Kier molecular flexibility index (Phi) is 7.60. The first-order valence-corrected chi connectivity index (χ1v) is 7.01. The zero-order valence-corrected chi connectivity index (χ0v) is 13.4. The average Bonchev–Trinajstić information content (AvgIpc) is 2.60. The molecular formula is C16H12N2O9. The van der Waals surface area contributed by atoms with Gasteiger partial charge >= 0.3 is 11.9 Å². The predicted molar refractivity (Wildman–Crippen MR) is 90.8 cm³/mol. The van der Waals surface area contributed by atoms with E-state index in [0.29, 0.717) is 5.56 Å². The molecule has 0 aliphatic rings. The molecule has 0 amide bonds. The highest BCUT2D eigenvalue weighted by molar-refractivity contribution is 5.90. The van der Waals surface area contributed by atoms with Crippen LogP contribution >= 0.6 is 0 Å². The van der Waals surface area contributed by atoms with E-state index in [9.17, 15) is 29.8 Å². The summed E-state index contributed by atoms with van der Waals surface area (Å²) < 4.78 is 0. The van der Waals surface area contributed by atoms with Gasteiger partial charge in [0.1, 0.15) is 5.75 Å². The highest BCUT2D eigenvalue weighted by Gasteiger charge is 2.11. The van der Waals surface area contributed by atoms with Crippen molar-refractivity contribution in [3.63, 3.8) is 0 Å². The molecule has 140 valence electrons. The summed E-state index contributed by atoms with van der Waals surface area (Å²) in [5.41, 5.74) is 0.356. The second-order valence-electron chi connectivity index (χ2n) is 4.64. The summed E-state index contributed by atoms with van der Waals surface area (Å²) in [5.74, 6) is -2.60. The lowest BCUT2D eigenvalue weighted by molar-refractivity contribution is -0.711. The quantitative estimate of drug-likeness (QED) is 0.437. The predicted octanol–water partition coefficient (Wildman–Crippen LogP) is 2.65. The summed E-state index contributed by atoms with van der Waals surface area (Å²) in [6, 6.07) is 11.0. The fourth-order valence-corrected chi connectivity index (χ4v) is 1.68. The topological polar surface area (TPSA) is 170 Å². The SMILES string of the molecule is O=C(O)C=Cc1ccc([N+](=O)[O-])cc1.O=C(O)c1ccccc1O[N+](=O)[O-]. The molecule has 0 radical (unpaired) electrons. The van der Waals surface area contributed by atoms with Crippen LogP contribution in [0.3, 0.4) is 0 Å². The van der Waals surface area contributed by atoms with Gasteiger partial charge in [-0.05, 0) is 35.9 Å². The van der Waals surface area contributed by atoms with E-state index in [1.165, 1.54) is 54.6 Å². The van der Waals surface area contributed by atoms with Crippen molar-refractivity contribution < 1.29 is 34.6 Å². The van der Waals surface area contributed by atoms with E-state index in [2.05, 4.69) is 4.84 Å². The monoisotopic (exact) mass is 376 g/mol. The molecule has 0 aromatic heterocycles. The van der Waals surface area contributed by atoms with Gasteiger partial charge in [0.05, 0.1) is 10.5 Å². The number of carboxylic acid groups (broad SMARTS) is 2. The third-order valence-electron chi connectivity index (χ3n) is 2.81. The Morgan fingerprint density at radius 3 is 2.04 bits per heavy atom. The number of hydrogen-bond donors (Lipinski definition) is 2. The smallest absolute Gasteiger partial charge is 0.337 e. The Morgan fingerprint density at radius 1 is 0.963 bits per heavy atom. The number of nitrogens with zero attached hydrogens (tertiary/aromatic N) is 2. The van der Waals surface area contributed by atoms with Crippen molar-refractivity contribution in [2.45, 2.75) is 0 Å². The Bertz CT molecular complexity index is 876. The van der Waals surface area contributed by atoms with Crippen molar-refractivity contribution in [1.29, 1.82) is 0 Å². The average molecular weight is 376 g/mol. The van der Waals surface area contributed by atoms with Gasteiger partial charge in [-0.3, -0.25) is 15.0 Å². The zero-order valence-electron chi connectivity index (χ0n) is 13.4. The van der Waals surface area contributed by atoms with Crippen LogP contribution in [0.5, 0.6) is 5.75 Å². The van der Waals surface area contributed by atoms with Crippen molar-refractivity contribution in [1.82, 2.24) is 0 Å². The number of nitro benzene ring substituents is 1. The standard InChI is InChI=1S/C9H7NO4.C7H5NO5/c11-9(12)6-3-7-1-4-8(5-2-7)10(13)14;9-7(10)5-3-1-2-4-6(5)13-8(11)12/h1-6H,(H,11,12);1-4H,(H,9,10). The lowest BCUT2D eigenvalue weighted by Gasteiger charge is -2.01. The first-order chi connectivity index (χ1) is 12.7. The lowest BCUT2D eigenvalue weighted by atomic mass is 10.2. The maximum Gasteiger partial charge on any atom is 0.337 e. The minimum Gasteiger partial charge on any atom is -0.478 e. The van der Waals surface area contributed by atoms with Gasteiger partial charge in [-0.2, -0.15) is 0 Å². The van der Waals surface area contributed by atoms with Gasteiger partial charge < -0.3 is 10.2 Å². The third kappa shape index (κ3) is 7.43. The van der Waals surface area contributed by atoms with Crippen LogP contribution in [0.25, 0.3) is 6.08 Å². The molecule has 11 heteroatoms. The van der Waals surface area contributed by atoms with Crippen molar-refractivity contribution in [3.8, 4) is 5.75 Å². The molecule has 0 fully saturated rings. The Hall–Kier alpha value is -4.28. The summed E-state index contributed by atoms with van der Waals surface area (Å²) in [6.07, 6.45) is 2.34. The molecule has 2 N–H and O–H groups in total. The highest BCUT2D eigenvalue weighted by Crippen LogP contribution is 2.17. The third-order valence-corrected chi connectivity index (χ3v) is 2.81. The normalized spacial score (nSPS) is 9.78. The fourth-order valence-electron chi connectivity index (χ4n) is 1.68. The number of carboxylic acids is 2.